The van der Waals surface area contributed by atoms with Crippen LogP contribution >= 0.6 is 0 Å². The van der Waals surface area contributed by atoms with Crippen LogP contribution in [-0.4, -0.2) is 54.7 Å². The highest BCUT2D eigenvalue weighted by Crippen LogP contribution is 2.39. The number of hydrogen-bond donors (Lipinski definition) is 3. The Bertz CT molecular complexity index is 1140. The number of rotatable bonds is 12. The second-order valence-corrected chi connectivity index (χ2v) is 9.84. The van der Waals surface area contributed by atoms with Gasteiger partial charge in [-0.3, -0.25) is 14.5 Å². The minimum atomic E-state index is -0.704. The van der Waals surface area contributed by atoms with Crippen LogP contribution in [0.3, 0.4) is 0 Å². The number of ether oxygens (including phenoxy) is 2. The number of fused-ring (bicyclic) bond motifs is 1. The average molecular weight is 508 g/mol. The first kappa shape index (κ1) is 26.5. The molecule has 1 saturated carbocycles. The zero-order valence-corrected chi connectivity index (χ0v) is 21.8. The molecule has 0 saturated heterocycles. The van der Waals surface area contributed by atoms with Crippen LogP contribution in [0.15, 0.2) is 48.7 Å². The topological polar surface area (TPSA) is 100 Å². The van der Waals surface area contributed by atoms with E-state index in [4.69, 9.17) is 9.47 Å². The van der Waals surface area contributed by atoms with E-state index in [0.29, 0.717) is 26.0 Å². The quantitative estimate of drug-likeness (QED) is 0.298. The normalized spacial score (nSPS) is 19.1. The van der Waals surface area contributed by atoms with Crippen molar-refractivity contribution in [3.05, 3.63) is 70.9 Å². The number of carbonyl (C=O) groups excluding carboxylic acids is 1. The third-order valence-electron chi connectivity index (χ3n) is 7.29. The molecule has 0 spiro atoms. The summed E-state index contributed by atoms with van der Waals surface area (Å²) in [5.74, 6) is 0.620. The molecular weight excluding hydrogens is 470 g/mol. The van der Waals surface area contributed by atoms with E-state index in [2.05, 4.69) is 52.8 Å². The van der Waals surface area contributed by atoms with E-state index < -0.39 is 5.97 Å². The lowest BCUT2D eigenvalue weighted by molar-refractivity contribution is -0.147. The number of benzene rings is 2. The van der Waals surface area contributed by atoms with Crippen LogP contribution in [0.2, 0.25) is 0 Å². The molecule has 0 bridgehead atoms. The SMILES string of the molecule is CN/C=C\C(=O)NCCOc1ccc(CN(C2CC(C(=O)O)C2)C(C)c2ccc3c(c2)CCO3)cc1C. The Balaban J connectivity index is 1.41. The molecule has 1 fully saturated rings. The Morgan fingerprint density at radius 3 is 2.78 bits per heavy atom. The maximum Gasteiger partial charge on any atom is 0.306 e. The van der Waals surface area contributed by atoms with Crippen molar-refractivity contribution in [1.82, 2.24) is 15.5 Å². The van der Waals surface area contributed by atoms with Crippen molar-refractivity contribution in [2.24, 2.45) is 5.92 Å². The van der Waals surface area contributed by atoms with Crippen molar-refractivity contribution in [3.8, 4) is 11.5 Å². The summed E-state index contributed by atoms with van der Waals surface area (Å²) in [6.07, 6.45) is 5.28. The van der Waals surface area contributed by atoms with Gasteiger partial charge in [-0.1, -0.05) is 24.3 Å². The van der Waals surface area contributed by atoms with Gasteiger partial charge in [-0.05, 0) is 61.1 Å². The summed E-state index contributed by atoms with van der Waals surface area (Å²) >= 11 is 0. The fraction of sp³-hybridized carbons (Fsp3) is 0.448. The lowest BCUT2D eigenvalue weighted by Gasteiger charge is -2.44. The summed E-state index contributed by atoms with van der Waals surface area (Å²) in [7, 11) is 1.74. The number of carboxylic acid groups (broad SMARTS) is 1. The first-order valence-electron chi connectivity index (χ1n) is 12.9. The van der Waals surface area contributed by atoms with E-state index in [-0.39, 0.29) is 23.9 Å². The third kappa shape index (κ3) is 6.63. The van der Waals surface area contributed by atoms with Gasteiger partial charge in [0.2, 0.25) is 5.91 Å². The van der Waals surface area contributed by atoms with Crippen molar-refractivity contribution in [3.63, 3.8) is 0 Å². The number of amides is 1. The molecule has 2 aliphatic rings. The predicted molar refractivity (Wildman–Crippen MR) is 142 cm³/mol. The first-order valence-corrected chi connectivity index (χ1v) is 12.9. The second-order valence-electron chi connectivity index (χ2n) is 9.84. The lowest BCUT2D eigenvalue weighted by Crippen LogP contribution is -2.47. The van der Waals surface area contributed by atoms with Gasteiger partial charge < -0.3 is 25.2 Å². The van der Waals surface area contributed by atoms with Gasteiger partial charge in [-0.15, -0.1) is 0 Å². The van der Waals surface area contributed by atoms with E-state index in [1.807, 2.05) is 13.0 Å². The van der Waals surface area contributed by atoms with E-state index >= 15 is 0 Å². The summed E-state index contributed by atoms with van der Waals surface area (Å²) in [6, 6.07) is 13.0. The van der Waals surface area contributed by atoms with E-state index in [1.54, 1.807) is 13.2 Å². The third-order valence-corrected chi connectivity index (χ3v) is 7.29. The fourth-order valence-corrected chi connectivity index (χ4v) is 5.04. The van der Waals surface area contributed by atoms with Crippen LogP contribution in [-0.2, 0) is 22.6 Å². The zero-order valence-electron chi connectivity index (χ0n) is 21.8. The molecular formula is C29H37N3O5. The summed E-state index contributed by atoms with van der Waals surface area (Å²) in [4.78, 5) is 25.6. The molecule has 3 N–H and O–H groups in total. The molecule has 8 nitrogen and oxygen atoms in total. The Hall–Kier alpha value is -3.52. The van der Waals surface area contributed by atoms with Crippen molar-refractivity contribution in [1.29, 1.82) is 0 Å². The molecule has 8 heteroatoms. The minimum Gasteiger partial charge on any atom is -0.493 e. The van der Waals surface area contributed by atoms with E-state index in [9.17, 15) is 14.7 Å². The summed E-state index contributed by atoms with van der Waals surface area (Å²) in [5.41, 5.74) is 4.66. The van der Waals surface area contributed by atoms with Gasteiger partial charge in [0.15, 0.2) is 0 Å². The minimum absolute atomic E-state index is 0.141. The maximum atomic E-state index is 11.6. The number of carbonyl (C=O) groups is 2. The largest absolute Gasteiger partial charge is 0.493 e. The summed E-state index contributed by atoms with van der Waals surface area (Å²) in [5, 5.41) is 15.0. The number of nitrogens with zero attached hydrogens (tertiary/aromatic N) is 1. The molecule has 198 valence electrons. The zero-order chi connectivity index (χ0) is 26.4. The van der Waals surface area contributed by atoms with Crippen LogP contribution in [0, 0.1) is 12.8 Å². The van der Waals surface area contributed by atoms with Crippen molar-refractivity contribution >= 4 is 11.9 Å². The molecule has 1 aliphatic carbocycles. The highest BCUT2D eigenvalue weighted by atomic mass is 16.5. The van der Waals surface area contributed by atoms with Crippen LogP contribution in [0.5, 0.6) is 11.5 Å². The van der Waals surface area contributed by atoms with Gasteiger partial charge in [-0.25, -0.2) is 0 Å². The highest BCUT2D eigenvalue weighted by Gasteiger charge is 2.40. The second kappa shape index (κ2) is 12.1. The Labute approximate surface area is 218 Å². The van der Waals surface area contributed by atoms with Gasteiger partial charge in [-0.2, -0.15) is 0 Å². The Kier molecular flexibility index (Phi) is 8.71. The molecule has 1 amide bonds. The summed E-state index contributed by atoms with van der Waals surface area (Å²) in [6.45, 7) is 6.47. The van der Waals surface area contributed by atoms with Gasteiger partial charge >= 0.3 is 5.97 Å². The van der Waals surface area contributed by atoms with Crippen LogP contribution in [0.4, 0.5) is 0 Å². The Morgan fingerprint density at radius 2 is 2.05 bits per heavy atom. The Morgan fingerprint density at radius 1 is 1.24 bits per heavy atom. The molecule has 0 aromatic heterocycles. The number of nitrogens with one attached hydrogen (secondary N) is 2. The molecule has 0 radical (unpaired) electrons. The lowest BCUT2D eigenvalue weighted by atomic mass is 9.78. The molecule has 4 rings (SSSR count). The number of hydrogen-bond acceptors (Lipinski definition) is 6. The molecule has 1 heterocycles. The predicted octanol–water partition coefficient (Wildman–Crippen LogP) is 3.58. The maximum absolute atomic E-state index is 11.6. The smallest absolute Gasteiger partial charge is 0.306 e. The highest BCUT2D eigenvalue weighted by molar-refractivity contribution is 5.87. The first-order chi connectivity index (χ1) is 17.9. The number of aryl methyl sites for hydroxylation is 1. The molecule has 1 aliphatic heterocycles. The number of carboxylic acids is 1. The molecule has 1 atom stereocenters. The monoisotopic (exact) mass is 507 g/mol. The van der Waals surface area contributed by atoms with Crippen molar-refractivity contribution in [2.75, 3.05) is 26.8 Å². The standard InChI is InChI=1S/C29H37N3O5/c1-19-14-21(4-6-26(19)37-13-11-31-28(33)8-10-30-3)18-32(25-16-24(17-25)29(34)35)20(2)22-5-7-27-23(15-22)9-12-36-27/h4-8,10,14-15,20,24-25,30H,9,11-13,16-18H2,1-3H3,(H,31,33)(H,34,35)/b10-8-. The van der Waals surface area contributed by atoms with Crippen LogP contribution in [0.1, 0.15) is 48.1 Å². The van der Waals surface area contributed by atoms with E-state index in [0.717, 1.165) is 42.2 Å². The summed E-state index contributed by atoms with van der Waals surface area (Å²) < 4.78 is 11.6. The van der Waals surface area contributed by atoms with Gasteiger partial charge in [0.05, 0.1) is 19.1 Å². The number of aliphatic carboxylic acids is 1. The van der Waals surface area contributed by atoms with Gasteiger partial charge in [0.1, 0.15) is 18.1 Å². The molecule has 1 unspecified atom stereocenters. The van der Waals surface area contributed by atoms with Crippen LogP contribution in [0.25, 0.3) is 0 Å². The molecule has 2 aromatic carbocycles. The van der Waals surface area contributed by atoms with Crippen LogP contribution < -0.4 is 20.1 Å². The van der Waals surface area contributed by atoms with Crippen molar-refractivity contribution in [2.45, 2.75) is 51.7 Å². The molecule has 37 heavy (non-hydrogen) atoms. The van der Waals surface area contributed by atoms with E-state index in [1.165, 1.54) is 17.2 Å². The fourth-order valence-electron chi connectivity index (χ4n) is 5.04. The van der Waals surface area contributed by atoms with Crippen molar-refractivity contribution < 1.29 is 24.2 Å². The molecule has 2 aromatic rings. The average Bonchev–Trinajstić information content (AvgIpc) is 3.32. The van der Waals surface area contributed by atoms with Gasteiger partial charge in [0.25, 0.3) is 0 Å². The van der Waals surface area contributed by atoms with Gasteiger partial charge in [0, 0.05) is 44.4 Å².